The van der Waals surface area contributed by atoms with Crippen molar-refractivity contribution < 1.29 is 13.0 Å². The molecule has 0 spiro atoms. The topological polar surface area (TPSA) is 80.4 Å². The third-order valence-corrected chi connectivity index (χ3v) is 2.73. The van der Waals surface area contributed by atoms with E-state index in [9.17, 15) is 8.42 Å². The quantitative estimate of drug-likeness (QED) is 0.642. The highest BCUT2D eigenvalue weighted by molar-refractivity contribution is 7.85. The van der Waals surface area contributed by atoms with Gasteiger partial charge in [-0.1, -0.05) is 23.8 Å². The van der Waals surface area contributed by atoms with Gasteiger partial charge in [0.15, 0.2) is 0 Å². The Kier molecular flexibility index (Phi) is 6.72. The number of rotatable bonds is 3. The molecule has 0 heterocycles. The molecule has 0 amide bonds. The zero-order valence-electron chi connectivity index (χ0n) is 10.1. The second kappa shape index (κ2) is 7.21. The van der Waals surface area contributed by atoms with Crippen LogP contribution in [0.2, 0.25) is 0 Å². The summed E-state index contributed by atoms with van der Waals surface area (Å²) in [6, 6.07) is 6.27. The average molecular weight is 257 g/mol. The molecule has 1 aromatic rings. The number of hydrogen-bond donors (Lipinski definition) is 2. The Labute approximate surface area is 103 Å². The highest BCUT2D eigenvalue weighted by atomic mass is 32.2. The van der Waals surface area contributed by atoms with Gasteiger partial charge in [0, 0.05) is 6.04 Å². The van der Waals surface area contributed by atoms with E-state index in [1.807, 2.05) is 19.9 Å². The van der Waals surface area contributed by atoms with E-state index >= 15 is 0 Å². The van der Waals surface area contributed by atoms with Crippen molar-refractivity contribution in [3.8, 4) is 0 Å². The average Bonchev–Trinajstić information content (AvgIpc) is 2.17. The van der Waals surface area contributed by atoms with Crippen molar-refractivity contribution in [3.63, 3.8) is 0 Å². The van der Waals surface area contributed by atoms with Crippen LogP contribution < -0.4 is 5.73 Å². The Morgan fingerprint density at radius 1 is 1.41 bits per heavy atom. The van der Waals surface area contributed by atoms with Gasteiger partial charge in [-0.25, -0.2) is 0 Å². The molecule has 0 bridgehead atoms. The van der Waals surface area contributed by atoms with Gasteiger partial charge in [0.05, 0.1) is 4.90 Å². The zero-order valence-corrected chi connectivity index (χ0v) is 10.9. The first kappa shape index (κ1) is 15.8. The van der Waals surface area contributed by atoms with Crippen LogP contribution in [-0.2, 0) is 10.1 Å². The third kappa shape index (κ3) is 7.68. The molecular formula is C12H19NO3S. The van der Waals surface area contributed by atoms with Gasteiger partial charge in [-0.05, 0) is 32.4 Å². The molecule has 96 valence electrons. The van der Waals surface area contributed by atoms with Crippen molar-refractivity contribution in [3.05, 3.63) is 42.5 Å². The normalized spacial score (nSPS) is 12.2. The minimum absolute atomic E-state index is 0.0666. The summed E-state index contributed by atoms with van der Waals surface area (Å²) in [6.45, 7) is 7.32. The number of nitrogens with two attached hydrogens (primary N) is 1. The lowest BCUT2D eigenvalue weighted by molar-refractivity contribution is 0.483. The smallest absolute Gasteiger partial charge is 0.294 e. The van der Waals surface area contributed by atoms with Gasteiger partial charge in [-0.15, -0.1) is 6.58 Å². The van der Waals surface area contributed by atoms with Crippen molar-refractivity contribution in [1.29, 1.82) is 0 Å². The van der Waals surface area contributed by atoms with Crippen LogP contribution in [0, 0.1) is 6.92 Å². The second-order valence-electron chi connectivity index (χ2n) is 3.79. The highest BCUT2D eigenvalue weighted by Crippen LogP contribution is 2.08. The SMILES string of the molecule is C=CCC(C)N.Cc1ccc(S(=O)(=O)O)cc1. The molecule has 0 radical (unpaired) electrons. The lowest BCUT2D eigenvalue weighted by atomic mass is 10.2. The molecule has 0 aliphatic rings. The maximum Gasteiger partial charge on any atom is 0.294 e. The van der Waals surface area contributed by atoms with E-state index in [4.69, 9.17) is 10.3 Å². The van der Waals surface area contributed by atoms with Crippen LogP contribution in [-0.4, -0.2) is 19.0 Å². The molecule has 0 aromatic heterocycles. The monoisotopic (exact) mass is 257 g/mol. The summed E-state index contributed by atoms with van der Waals surface area (Å²) in [5, 5.41) is 0. The van der Waals surface area contributed by atoms with Crippen LogP contribution in [0.25, 0.3) is 0 Å². The van der Waals surface area contributed by atoms with Gasteiger partial charge in [-0.3, -0.25) is 4.55 Å². The van der Waals surface area contributed by atoms with Crippen LogP contribution in [0.15, 0.2) is 41.8 Å². The van der Waals surface area contributed by atoms with Gasteiger partial charge < -0.3 is 5.73 Å². The van der Waals surface area contributed by atoms with Crippen LogP contribution in [0.1, 0.15) is 18.9 Å². The molecule has 1 rings (SSSR count). The molecule has 0 saturated heterocycles. The van der Waals surface area contributed by atoms with E-state index in [0.717, 1.165) is 12.0 Å². The third-order valence-electron chi connectivity index (χ3n) is 1.86. The molecule has 0 aliphatic heterocycles. The van der Waals surface area contributed by atoms with Gasteiger partial charge in [0.25, 0.3) is 10.1 Å². The molecule has 0 saturated carbocycles. The van der Waals surface area contributed by atoms with E-state index < -0.39 is 10.1 Å². The number of benzene rings is 1. The first-order valence-corrected chi connectivity index (χ1v) is 6.62. The fraction of sp³-hybridized carbons (Fsp3) is 0.333. The molecule has 4 nitrogen and oxygen atoms in total. The van der Waals surface area contributed by atoms with Gasteiger partial charge >= 0.3 is 0 Å². The number of aryl methyl sites for hydroxylation is 1. The molecule has 1 aromatic carbocycles. The summed E-state index contributed by atoms with van der Waals surface area (Å²) in [5.41, 5.74) is 6.29. The summed E-state index contributed by atoms with van der Waals surface area (Å²) in [4.78, 5) is -0.0666. The minimum atomic E-state index is -4.02. The minimum Gasteiger partial charge on any atom is -0.328 e. The van der Waals surface area contributed by atoms with E-state index in [1.54, 1.807) is 12.1 Å². The van der Waals surface area contributed by atoms with Crippen LogP contribution in [0.3, 0.4) is 0 Å². The summed E-state index contributed by atoms with van der Waals surface area (Å²) < 4.78 is 29.6. The van der Waals surface area contributed by atoms with Gasteiger partial charge in [-0.2, -0.15) is 8.42 Å². The lowest BCUT2D eigenvalue weighted by Gasteiger charge is -1.95. The van der Waals surface area contributed by atoms with Crippen LogP contribution in [0.5, 0.6) is 0 Å². The van der Waals surface area contributed by atoms with E-state index in [1.165, 1.54) is 12.1 Å². The number of hydrogen-bond acceptors (Lipinski definition) is 3. The van der Waals surface area contributed by atoms with Crippen molar-refractivity contribution >= 4 is 10.1 Å². The lowest BCUT2D eigenvalue weighted by Crippen LogP contribution is -2.12. The molecule has 5 heteroatoms. The summed E-state index contributed by atoms with van der Waals surface area (Å²) in [7, 11) is -4.02. The molecule has 0 fully saturated rings. The highest BCUT2D eigenvalue weighted by Gasteiger charge is 2.06. The molecule has 17 heavy (non-hydrogen) atoms. The van der Waals surface area contributed by atoms with Crippen LogP contribution in [0.4, 0.5) is 0 Å². The second-order valence-corrected chi connectivity index (χ2v) is 5.21. The fourth-order valence-electron chi connectivity index (χ4n) is 0.973. The Hall–Kier alpha value is -1.17. The van der Waals surface area contributed by atoms with Gasteiger partial charge in [0.1, 0.15) is 0 Å². The molecular weight excluding hydrogens is 238 g/mol. The Balaban J connectivity index is 0.000000366. The van der Waals surface area contributed by atoms with Crippen LogP contribution >= 0.6 is 0 Å². The Bertz CT molecular complexity index is 435. The van der Waals surface area contributed by atoms with Crippen molar-refractivity contribution in [2.75, 3.05) is 0 Å². The van der Waals surface area contributed by atoms with E-state index in [-0.39, 0.29) is 10.9 Å². The van der Waals surface area contributed by atoms with E-state index in [2.05, 4.69) is 6.58 Å². The first-order valence-electron chi connectivity index (χ1n) is 5.18. The van der Waals surface area contributed by atoms with Crippen molar-refractivity contribution in [1.82, 2.24) is 0 Å². The zero-order chi connectivity index (χ0) is 13.5. The van der Waals surface area contributed by atoms with Crippen molar-refractivity contribution in [2.45, 2.75) is 31.2 Å². The Morgan fingerprint density at radius 3 is 2.12 bits per heavy atom. The predicted molar refractivity (Wildman–Crippen MR) is 69.5 cm³/mol. The summed E-state index contributed by atoms with van der Waals surface area (Å²) >= 11 is 0. The maximum absolute atomic E-state index is 10.5. The molecule has 0 aliphatic carbocycles. The first-order chi connectivity index (χ1) is 7.77. The fourth-order valence-corrected chi connectivity index (χ4v) is 1.45. The maximum atomic E-state index is 10.5. The van der Waals surface area contributed by atoms with Crippen molar-refractivity contribution in [2.24, 2.45) is 5.73 Å². The summed E-state index contributed by atoms with van der Waals surface area (Å²) in [6.07, 6.45) is 2.74. The predicted octanol–water partition coefficient (Wildman–Crippen LogP) is 2.15. The Morgan fingerprint density at radius 2 is 1.88 bits per heavy atom. The van der Waals surface area contributed by atoms with Gasteiger partial charge in [0.2, 0.25) is 0 Å². The molecule has 1 atom stereocenters. The largest absolute Gasteiger partial charge is 0.328 e. The molecule has 3 N–H and O–H groups in total. The molecule has 1 unspecified atom stereocenters. The van der Waals surface area contributed by atoms with E-state index in [0.29, 0.717) is 0 Å². The summed E-state index contributed by atoms with van der Waals surface area (Å²) in [5.74, 6) is 0. The standard InChI is InChI=1S/C7H8O3S.C5H11N/c1-6-2-4-7(5-3-6)11(8,9)10;1-3-4-5(2)6/h2-5H,1H3,(H,8,9,10);3,5H,1,4,6H2,2H3.